The zero-order valence-electron chi connectivity index (χ0n) is 17.3. The van der Waals surface area contributed by atoms with E-state index in [9.17, 15) is 18.7 Å². The maximum absolute atomic E-state index is 13.8. The van der Waals surface area contributed by atoms with Gasteiger partial charge in [-0.2, -0.15) is 5.10 Å². The normalized spacial score (nSPS) is 11.8. The van der Waals surface area contributed by atoms with E-state index in [0.29, 0.717) is 32.7 Å². The zero-order chi connectivity index (χ0) is 23.7. The Hall–Kier alpha value is -3.96. The van der Waals surface area contributed by atoms with Crippen LogP contribution in [0.1, 0.15) is 23.0 Å². The molecular weight excluding hydrogens is 450 g/mol. The van der Waals surface area contributed by atoms with E-state index >= 15 is 0 Å². The molecule has 0 saturated heterocycles. The van der Waals surface area contributed by atoms with Crippen molar-refractivity contribution in [3.05, 3.63) is 82.3 Å². The summed E-state index contributed by atoms with van der Waals surface area (Å²) in [5.41, 5.74) is 2.84. The summed E-state index contributed by atoms with van der Waals surface area (Å²) in [5, 5.41) is 17.4. The van der Waals surface area contributed by atoms with E-state index in [2.05, 4.69) is 21.3 Å². The lowest BCUT2D eigenvalue weighted by atomic mass is 9.94. The minimum Gasteiger partial charge on any atom is -0.465 e. The largest absolute Gasteiger partial charge is 0.465 e. The molecule has 33 heavy (non-hydrogen) atoms. The third-order valence-corrected chi connectivity index (χ3v) is 5.53. The summed E-state index contributed by atoms with van der Waals surface area (Å²) >= 11 is 6.33. The lowest BCUT2D eigenvalue weighted by Gasteiger charge is -2.21. The molecule has 2 aromatic carbocycles. The van der Waals surface area contributed by atoms with Gasteiger partial charge in [-0.3, -0.25) is 4.68 Å². The highest BCUT2D eigenvalue weighted by Crippen LogP contribution is 2.36. The first-order chi connectivity index (χ1) is 15.8. The number of amides is 1. The number of carbonyl (C=O) groups is 1. The Morgan fingerprint density at radius 1 is 1.21 bits per heavy atom. The molecule has 1 atom stereocenters. The molecule has 6 nitrogen and oxygen atoms in total. The number of rotatable bonds is 5. The summed E-state index contributed by atoms with van der Waals surface area (Å²) in [6.07, 6.45) is 5.79. The maximum atomic E-state index is 13.8. The van der Waals surface area contributed by atoms with Crippen molar-refractivity contribution in [2.75, 3.05) is 0 Å². The second-order valence-corrected chi connectivity index (χ2v) is 7.79. The quantitative estimate of drug-likeness (QED) is 0.401. The van der Waals surface area contributed by atoms with Crippen LogP contribution in [0.25, 0.3) is 22.0 Å². The Morgan fingerprint density at radius 3 is 2.58 bits per heavy atom. The second-order valence-electron chi connectivity index (χ2n) is 7.38. The predicted molar refractivity (Wildman–Crippen MR) is 121 cm³/mol. The van der Waals surface area contributed by atoms with Gasteiger partial charge in [-0.05, 0) is 42.3 Å². The average molecular weight is 467 g/mol. The van der Waals surface area contributed by atoms with Crippen LogP contribution in [-0.4, -0.2) is 26.0 Å². The van der Waals surface area contributed by atoms with Crippen molar-refractivity contribution in [2.24, 2.45) is 7.05 Å². The third kappa shape index (κ3) is 4.49. The Bertz CT molecular complexity index is 1410. The van der Waals surface area contributed by atoms with Crippen molar-refractivity contribution in [2.45, 2.75) is 12.5 Å². The highest BCUT2D eigenvalue weighted by atomic mass is 35.5. The molecule has 4 aromatic rings. The molecule has 2 heterocycles. The average Bonchev–Trinajstić information content (AvgIpc) is 3.15. The number of hydrogen-bond donors (Lipinski definition) is 2. The Morgan fingerprint density at radius 2 is 1.91 bits per heavy atom. The molecule has 0 aliphatic rings. The van der Waals surface area contributed by atoms with E-state index in [1.807, 2.05) is 0 Å². The number of pyridine rings is 1. The standard InChI is InChI=1S/C24H17ClF2N4O2/c1-3-16-4-5-17(18-6-7-20(25)19-12-28-31(2)23(18)19)22(29-16)21(30-24(32)33)10-13-8-14(26)11-15(27)9-13/h1,4-9,11-12,21,30H,10H2,2H3,(H,32,33). The fraction of sp³-hybridized carbons (Fsp3) is 0.125. The number of carboxylic acid groups (broad SMARTS) is 1. The van der Waals surface area contributed by atoms with E-state index in [4.69, 9.17) is 18.0 Å². The Balaban J connectivity index is 1.93. The van der Waals surface area contributed by atoms with Gasteiger partial charge < -0.3 is 10.4 Å². The van der Waals surface area contributed by atoms with Gasteiger partial charge in [0.2, 0.25) is 0 Å². The van der Waals surface area contributed by atoms with E-state index < -0.39 is 23.8 Å². The first kappa shape index (κ1) is 22.2. The van der Waals surface area contributed by atoms with Crippen LogP contribution in [0.15, 0.2) is 48.7 Å². The minimum atomic E-state index is -1.32. The van der Waals surface area contributed by atoms with Crippen molar-refractivity contribution < 1.29 is 18.7 Å². The molecule has 2 N–H and O–H groups in total. The van der Waals surface area contributed by atoms with Crippen molar-refractivity contribution in [3.8, 4) is 23.5 Å². The molecule has 0 bridgehead atoms. The molecule has 0 spiro atoms. The van der Waals surface area contributed by atoms with E-state index in [1.165, 1.54) is 0 Å². The molecule has 166 valence electrons. The number of nitrogens with one attached hydrogen (secondary N) is 1. The highest BCUT2D eigenvalue weighted by Gasteiger charge is 2.24. The molecule has 9 heteroatoms. The fourth-order valence-electron chi connectivity index (χ4n) is 3.85. The van der Waals surface area contributed by atoms with E-state index in [1.54, 1.807) is 42.2 Å². The van der Waals surface area contributed by atoms with Gasteiger partial charge >= 0.3 is 6.09 Å². The number of halogens is 3. The summed E-state index contributed by atoms with van der Waals surface area (Å²) in [6, 6.07) is 8.94. The van der Waals surface area contributed by atoms with Gasteiger partial charge in [0.05, 0.1) is 28.5 Å². The highest BCUT2D eigenvalue weighted by molar-refractivity contribution is 6.35. The molecule has 1 amide bonds. The van der Waals surface area contributed by atoms with Crippen LogP contribution in [0.5, 0.6) is 0 Å². The Labute approximate surface area is 192 Å². The fourth-order valence-corrected chi connectivity index (χ4v) is 4.05. The zero-order valence-corrected chi connectivity index (χ0v) is 18.1. The number of nitrogens with zero attached hydrogens (tertiary/aromatic N) is 3. The Kier molecular flexibility index (Phi) is 5.99. The molecule has 0 fully saturated rings. The number of hydrogen-bond acceptors (Lipinski definition) is 3. The lowest BCUT2D eigenvalue weighted by molar-refractivity contribution is 0.189. The number of fused-ring (bicyclic) bond motifs is 1. The lowest BCUT2D eigenvalue weighted by Crippen LogP contribution is -2.29. The predicted octanol–water partition coefficient (Wildman–Crippen LogP) is 5.10. The van der Waals surface area contributed by atoms with Gasteiger partial charge in [-0.15, -0.1) is 6.42 Å². The smallest absolute Gasteiger partial charge is 0.405 e. The van der Waals surface area contributed by atoms with Crippen molar-refractivity contribution in [1.82, 2.24) is 20.1 Å². The molecule has 2 aromatic heterocycles. The van der Waals surface area contributed by atoms with Crippen LogP contribution >= 0.6 is 11.6 Å². The van der Waals surface area contributed by atoms with Gasteiger partial charge in [0.1, 0.15) is 17.3 Å². The summed E-state index contributed by atoms with van der Waals surface area (Å²) in [4.78, 5) is 16.1. The van der Waals surface area contributed by atoms with Crippen molar-refractivity contribution in [1.29, 1.82) is 0 Å². The number of aromatic nitrogens is 3. The maximum Gasteiger partial charge on any atom is 0.405 e. The molecule has 0 saturated carbocycles. The van der Waals surface area contributed by atoms with Gasteiger partial charge in [0.15, 0.2) is 0 Å². The molecule has 0 radical (unpaired) electrons. The minimum absolute atomic E-state index is 0.0584. The van der Waals surface area contributed by atoms with Crippen molar-refractivity contribution >= 4 is 28.6 Å². The van der Waals surface area contributed by atoms with Crippen LogP contribution in [0, 0.1) is 24.0 Å². The summed E-state index contributed by atoms with van der Waals surface area (Å²) < 4.78 is 29.2. The molecular formula is C24H17ClF2N4O2. The van der Waals surface area contributed by atoms with Gasteiger partial charge in [-0.1, -0.05) is 23.6 Å². The van der Waals surface area contributed by atoms with E-state index in [-0.39, 0.29) is 17.7 Å². The number of benzene rings is 2. The van der Waals surface area contributed by atoms with Crippen LogP contribution < -0.4 is 5.32 Å². The SMILES string of the molecule is C#Cc1ccc(-c2ccc(Cl)c3cnn(C)c23)c(C(Cc2cc(F)cc(F)c2)NC(=O)O)n1. The third-order valence-electron chi connectivity index (χ3n) is 5.20. The topological polar surface area (TPSA) is 80.0 Å². The van der Waals surface area contributed by atoms with Gasteiger partial charge in [0, 0.05) is 29.6 Å². The summed E-state index contributed by atoms with van der Waals surface area (Å²) in [7, 11) is 1.76. The summed E-state index contributed by atoms with van der Waals surface area (Å²) in [5.74, 6) is 0.914. The number of terminal acetylenes is 1. The van der Waals surface area contributed by atoms with Crippen LogP contribution in [0.3, 0.4) is 0 Å². The monoisotopic (exact) mass is 466 g/mol. The number of aryl methyl sites for hydroxylation is 1. The first-order valence-corrected chi connectivity index (χ1v) is 10.2. The molecule has 1 unspecified atom stereocenters. The van der Waals surface area contributed by atoms with Crippen LogP contribution in [0.4, 0.5) is 13.6 Å². The van der Waals surface area contributed by atoms with Crippen LogP contribution in [-0.2, 0) is 13.5 Å². The van der Waals surface area contributed by atoms with Crippen LogP contribution in [0.2, 0.25) is 5.02 Å². The van der Waals surface area contributed by atoms with Gasteiger partial charge in [-0.25, -0.2) is 18.6 Å². The first-order valence-electron chi connectivity index (χ1n) is 9.79. The van der Waals surface area contributed by atoms with Crippen molar-refractivity contribution in [3.63, 3.8) is 0 Å². The molecule has 0 aliphatic heterocycles. The van der Waals surface area contributed by atoms with Gasteiger partial charge in [0.25, 0.3) is 0 Å². The molecule has 0 aliphatic carbocycles. The summed E-state index contributed by atoms with van der Waals surface area (Å²) in [6.45, 7) is 0. The van der Waals surface area contributed by atoms with E-state index in [0.717, 1.165) is 18.2 Å². The molecule has 4 rings (SSSR count). The second kappa shape index (κ2) is 8.88.